The van der Waals surface area contributed by atoms with E-state index < -0.39 is 17.9 Å². The molecule has 0 fully saturated rings. The van der Waals surface area contributed by atoms with Crippen molar-refractivity contribution in [1.29, 1.82) is 0 Å². The highest BCUT2D eigenvalue weighted by Crippen LogP contribution is 2.01. The van der Waals surface area contributed by atoms with Gasteiger partial charge in [0.1, 0.15) is 5.92 Å². The molecule has 6 heteroatoms. The predicted molar refractivity (Wildman–Crippen MR) is 60.5 cm³/mol. The number of carboxylic acid groups (broad SMARTS) is 1. The fraction of sp³-hybridized carbons (Fsp3) is 0.182. The first kappa shape index (κ1) is 12.9. The van der Waals surface area contributed by atoms with Gasteiger partial charge in [-0.2, -0.15) is 0 Å². The normalized spacial score (nSPS) is 12.3. The maximum atomic E-state index is 11.4. The van der Waals surface area contributed by atoms with Gasteiger partial charge in [0, 0.05) is 6.54 Å². The molecule has 3 N–H and O–H groups in total. The van der Waals surface area contributed by atoms with Crippen LogP contribution in [0.15, 0.2) is 35.5 Å². The van der Waals surface area contributed by atoms with Crippen LogP contribution in [0, 0.1) is 5.92 Å². The Morgan fingerprint density at radius 2 is 2.06 bits per heavy atom. The van der Waals surface area contributed by atoms with E-state index in [1.807, 2.05) is 0 Å². The first-order valence-corrected chi connectivity index (χ1v) is 4.88. The van der Waals surface area contributed by atoms with E-state index in [9.17, 15) is 9.59 Å². The number of aliphatic carboxylic acids is 1. The SMILES string of the molecule is NCC(/C=N/OC(=O)c1ccccc1)C(=O)O. The predicted octanol–water partition coefficient (Wildman–Crippen LogP) is 0.489. The molecule has 0 aromatic heterocycles. The summed E-state index contributed by atoms with van der Waals surface area (Å²) in [5.74, 6) is -2.73. The Kier molecular flexibility index (Phi) is 4.83. The lowest BCUT2D eigenvalue weighted by molar-refractivity contribution is -0.138. The van der Waals surface area contributed by atoms with E-state index in [0.29, 0.717) is 5.56 Å². The summed E-state index contributed by atoms with van der Waals surface area (Å²) in [7, 11) is 0. The van der Waals surface area contributed by atoms with Crippen molar-refractivity contribution in [3.05, 3.63) is 35.9 Å². The molecule has 1 aromatic carbocycles. The monoisotopic (exact) mass is 236 g/mol. The van der Waals surface area contributed by atoms with Gasteiger partial charge in [0.05, 0.1) is 11.8 Å². The molecule has 0 saturated heterocycles. The molecular weight excluding hydrogens is 224 g/mol. The second-order valence-corrected chi connectivity index (χ2v) is 3.18. The Morgan fingerprint density at radius 3 is 2.59 bits per heavy atom. The third kappa shape index (κ3) is 4.04. The molecule has 1 aromatic rings. The third-order valence-corrected chi connectivity index (χ3v) is 1.96. The van der Waals surface area contributed by atoms with Crippen LogP contribution in [0.3, 0.4) is 0 Å². The zero-order valence-electron chi connectivity index (χ0n) is 8.95. The van der Waals surface area contributed by atoms with Gasteiger partial charge in [-0.3, -0.25) is 4.79 Å². The largest absolute Gasteiger partial charge is 0.481 e. The average Bonchev–Trinajstić information content (AvgIpc) is 2.35. The first-order chi connectivity index (χ1) is 8.15. The number of oxime groups is 1. The minimum absolute atomic E-state index is 0.109. The van der Waals surface area contributed by atoms with Crippen LogP contribution in [0.1, 0.15) is 10.4 Å². The Bertz CT molecular complexity index is 417. The molecule has 1 rings (SSSR count). The van der Waals surface area contributed by atoms with Gasteiger partial charge in [0.25, 0.3) is 0 Å². The van der Waals surface area contributed by atoms with Crippen LogP contribution in [-0.4, -0.2) is 29.8 Å². The maximum absolute atomic E-state index is 11.4. The van der Waals surface area contributed by atoms with Gasteiger partial charge in [0.2, 0.25) is 0 Å². The van der Waals surface area contributed by atoms with Crippen LogP contribution in [0.2, 0.25) is 0 Å². The number of carbonyl (C=O) groups is 2. The summed E-state index contributed by atoms with van der Waals surface area (Å²) in [6, 6.07) is 8.25. The molecule has 6 nitrogen and oxygen atoms in total. The van der Waals surface area contributed by atoms with Gasteiger partial charge in [-0.15, -0.1) is 0 Å². The fourth-order valence-electron chi connectivity index (χ4n) is 1.00. The van der Waals surface area contributed by atoms with E-state index in [4.69, 9.17) is 10.8 Å². The number of hydrogen-bond acceptors (Lipinski definition) is 5. The number of carbonyl (C=O) groups excluding carboxylic acids is 1. The third-order valence-electron chi connectivity index (χ3n) is 1.96. The number of hydrogen-bond donors (Lipinski definition) is 2. The smallest absolute Gasteiger partial charge is 0.365 e. The number of rotatable bonds is 5. The molecule has 1 atom stereocenters. The average molecular weight is 236 g/mol. The fourth-order valence-corrected chi connectivity index (χ4v) is 1.00. The quantitative estimate of drug-likeness (QED) is 0.440. The Labute approximate surface area is 97.7 Å². The van der Waals surface area contributed by atoms with E-state index in [1.165, 1.54) is 0 Å². The van der Waals surface area contributed by atoms with Gasteiger partial charge < -0.3 is 15.7 Å². The maximum Gasteiger partial charge on any atom is 0.365 e. The van der Waals surface area contributed by atoms with E-state index in [0.717, 1.165) is 6.21 Å². The number of nitrogens with zero attached hydrogens (tertiary/aromatic N) is 1. The molecule has 17 heavy (non-hydrogen) atoms. The molecule has 0 saturated carbocycles. The Balaban J connectivity index is 2.54. The number of carboxylic acids is 1. The van der Waals surface area contributed by atoms with Crippen molar-refractivity contribution in [2.45, 2.75) is 0 Å². The first-order valence-electron chi connectivity index (χ1n) is 4.88. The van der Waals surface area contributed by atoms with Crippen molar-refractivity contribution in [3.63, 3.8) is 0 Å². The molecule has 0 spiro atoms. The van der Waals surface area contributed by atoms with Crippen LogP contribution < -0.4 is 5.73 Å². The molecule has 0 heterocycles. The summed E-state index contributed by atoms with van der Waals surface area (Å²) in [5, 5.41) is 11.9. The van der Waals surface area contributed by atoms with Crippen LogP contribution in [-0.2, 0) is 9.63 Å². The highest BCUT2D eigenvalue weighted by Gasteiger charge is 2.13. The van der Waals surface area contributed by atoms with Crippen molar-refractivity contribution < 1.29 is 19.5 Å². The molecule has 0 aliphatic rings. The van der Waals surface area contributed by atoms with Crippen molar-refractivity contribution >= 4 is 18.2 Å². The zero-order chi connectivity index (χ0) is 12.7. The summed E-state index contributed by atoms with van der Waals surface area (Å²) in [4.78, 5) is 26.5. The standard InChI is InChI=1S/C11H12N2O4/c12-6-9(10(14)15)7-13-17-11(16)8-4-2-1-3-5-8/h1-5,7,9H,6,12H2,(H,14,15)/b13-7+. The highest BCUT2D eigenvalue weighted by molar-refractivity contribution is 5.91. The van der Waals surface area contributed by atoms with Crippen molar-refractivity contribution in [2.24, 2.45) is 16.8 Å². The molecule has 0 aliphatic carbocycles. The van der Waals surface area contributed by atoms with Gasteiger partial charge >= 0.3 is 11.9 Å². The molecular formula is C11H12N2O4. The van der Waals surface area contributed by atoms with Crippen LogP contribution in [0.5, 0.6) is 0 Å². The molecule has 1 unspecified atom stereocenters. The van der Waals surface area contributed by atoms with E-state index in [2.05, 4.69) is 9.99 Å². The summed E-state index contributed by atoms with van der Waals surface area (Å²) < 4.78 is 0. The lowest BCUT2D eigenvalue weighted by atomic mass is 10.2. The highest BCUT2D eigenvalue weighted by atomic mass is 16.7. The topological polar surface area (TPSA) is 102 Å². The summed E-state index contributed by atoms with van der Waals surface area (Å²) in [6.07, 6.45) is 0.989. The summed E-state index contributed by atoms with van der Waals surface area (Å²) in [5.41, 5.74) is 5.53. The second-order valence-electron chi connectivity index (χ2n) is 3.18. The van der Waals surface area contributed by atoms with Crippen molar-refractivity contribution in [1.82, 2.24) is 0 Å². The van der Waals surface area contributed by atoms with Crippen LogP contribution >= 0.6 is 0 Å². The van der Waals surface area contributed by atoms with E-state index in [-0.39, 0.29) is 6.54 Å². The number of nitrogens with two attached hydrogens (primary N) is 1. The van der Waals surface area contributed by atoms with Crippen LogP contribution in [0.25, 0.3) is 0 Å². The Hall–Kier alpha value is -2.21. The van der Waals surface area contributed by atoms with Gasteiger partial charge in [0.15, 0.2) is 0 Å². The summed E-state index contributed by atoms with van der Waals surface area (Å²) in [6.45, 7) is -0.109. The molecule has 0 amide bonds. The minimum atomic E-state index is -1.12. The van der Waals surface area contributed by atoms with Crippen LogP contribution in [0.4, 0.5) is 0 Å². The second kappa shape index (κ2) is 6.39. The van der Waals surface area contributed by atoms with Crippen molar-refractivity contribution in [2.75, 3.05) is 6.54 Å². The molecule has 0 aliphatic heterocycles. The van der Waals surface area contributed by atoms with E-state index in [1.54, 1.807) is 30.3 Å². The van der Waals surface area contributed by atoms with Gasteiger partial charge in [-0.05, 0) is 12.1 Å². The van der Waals surface area contributed by atoms with Crippen molar-refractivity contribution in [3.8, 4) is 0 Å². The lowest BCUT2D eigenvalue weighted by Crippen LogP contribution is -2.24. The molecule has 90 valence electrons. The summed E-state index contributed by atoms with van der Waals surface area (Å²) >= 11 is 0. The minimum Gasteiger partial charge on any atom is -0.481 e. The molecule has 0 bridgehead atoms. The number of benzene rings is 1. The van der Waals surface area contributed by atoms with E-state index >= 15 is 0 Å². The van der Waals surface area contributed by atoms with Gasteiger partial charge in [-0.1, -0.05) is 23.4 Å². The molecule has 0 radical (unpaired) electrons. The van der Waals surface area contributed by atoms with Gasteiger partial charge in [-0.25, -0.2) is 4.79 Å². The Morgan fingerprint density at radius 1 is 1.41 bits per heavy atom. The zero-order valence-corrected chi connectivity index (χ0v) is 8.95. The lowest BCUT2D eigenvalue weighted by Gasteiger charge is -2.01.